The molecule has 0 atom stereocenters. The fourth-order valence-electron chi connectivity index (χ4n) is 1.76. The van der Waals surface area contributed by atoms with Crippen molar-refractivity contribution in [2.75, 3.05) is 25.6 Å². The van der Waals surface area contributed by atoms with Crippen molar-refractivity contribution >= 4 is 46.4 Å². The molecule has 2 aromatic rings. The lowest BCUT2D eigenvalue weighted by atomic mass is 10.2. The Bertz CT molecular complexity index is 712. The highest BCUT2D eigenvalue weighted by atomic mass is 35.5. The van der Waals surface area contributed by atoms with Crippen LogP contribution < -0.4 is 10.1 Å². The number of phenolic OH excluding ortho intramolecular Hbond substituents is 1. The zero-order chi connectivity index (χ0) is 17.7. The second kappa shape index (κ2) is 8.39. The molecule has 128 valence electrons. The van der Waals surface area contributed by atoms with Crippen LogP contribution in [0.5, 0.6) is 11.6 Å². The average Bonchev–Trinajstić information content (AvgIpc) is 2.55. The van der Waals surface area contributed by atoms with Crippen LogP contribution in [0.1, 0.15) is 10.4 Å². The minimum Gasteiger partial charge on any atom is -0.505 e. The molecule has 6 nitrogen and oxygen atoms in total. The number of aromatic hydroxyl groups is 1. The molecule has 0 aliphatic carbocycles. The maximum atomic E-state index is 12.3. The summed E-state index contributed by atoms with van der Waals surface area (Å²) in [7, 11) is 1.57. The minimum absolute atomic E-state index is 0.0598. The number of aromatic nitrogens is 1. The zero-order valence-electron chi connectivity index (χ0n) is 12.5. The number of anilines is 1. The number of carbonyl (C=O) groups excluding carboxylic acids is 1. The SMILES string of the molecule is COCCOc1ccc(NC(=O)c2c(O)c(Cl)cc(Cl)c2Cl)cn1. The number of nitrogens with one attached hydrogen (secondary N) is 1. The van der Waals surface area contributed by atoms with E-state index in [0.29, 0.717) is 24.8 Å². The Hall–Kier alpha value is -1.73. The molecule has 2 N–H and O–H groups in total. The monoisotopic (exact) mass is 390 g/mol. The number of methoxy groups -OCH3 is 1. The number of nitrogens with zero attached hydrogens (tertiary/aromatic N) is 1. The van der Waals surface area contributed by atoms with Gasteiger partial charge in [-0.25, -0.2) is 4.98 Å². The first-order chi connectivity index (χ1) is 11.4. The first-order valence-electron chi connectivity index (χ1n) is 6.69. The van der Waals surface area contributed by atoms with Gasteiger partial charge in [-0.2, -0.15) is 0 Å². The highest BCUT2D eigenvalue weighted by Gasteiger charge is 2.21. The van der Waals surface area contributed by atoms with Crippen LogP contribution in [0.4, 0.5) is 5.69 Å². The van der Waals surface area contributed by atoms with E-state index in [9.17, 15) is 9.90 Å². The largest absolute Gasteiger partial charge is 0.505 e. The van der Waals surface area contributed by atoms with E-state index in [1.165, 1.54) is 12.3 Å². The summed E-state index contributed by atoms with van der Waals surface area (Å²) in [6.45, 7) is 0.799. The summed E-state index contributed by atoms with van der Waals surface area (Å²) in [5.74, 6) is -0.732. The number of amides is 1. The molecule has 1 aromatic carbocycles. The van der Waals surface area contributed by atoms with E-state index in [1.54, 1.807) is 19.2 Å². The lowest BCUT2D eigenvalue weighted by molar-refractivity contribution is 0.102. The Balaban J connectivity index is 2.13. The van der Waals surface area contributed by atoms with Crippen molar-refractivity contribution in [3.05, 3.63) is 45.0 Å². The summed E-state index contributed by atoms with van der Waals surface area (Å²) >= 11 is 17.6. The van der Waals surface area contributed by atoms with E-state index in [-0.39, 0.29) is 20.6 Å². The van der Waals surface area contributed by atoms with E-state index in [1.807, 2.05) is 0 Å². The highest BCUT2D eigenvalue weighted by molar-refractivity contribution is 6.46. The van der Waals surface area contributed by atoms with Gasteiger partial charge in [0.05, 0.1) is 33.6 Å². The molecule has 1 heterocycles. The smallest absolute Gasteiger partial charge is 0.261 e. The van der Waals surface area contributed by atoms with Gasteiger partial charge in [0.2, 0.25) is 5.88 Å². The number of hydrogen-bond acceptors (Lipinski definition) is 5. The number of carbonyl (C=O) groups is 1. The fraction of sp³-hybridized carbons (Fsp3) is 0.200. The maximum Gasteiger partial charge on any atom is 0.261 e. The molecule has 0 fully saturated rings. The Morgan fingerprint density at radius 2 is 2.00 bits per heavy atom. The van der Waals surface area contributed by atoms with Crippen molar-refractivity contribution in [1.29, 1.82) is 0 Å². The maximum absolute atomic E-state index is 12.3. The van der Waals surface area contributed by atoms with Crippen LogP contribution in [0.2, 0.25) is 15.1 Å². The lowest BCUT2D eigenvalue weighted by Crippen LogP contribution is -2.13. The summed E-state index contributed by atoms with van der Waals surface area (Å²) < 4.78 is 10.2. The number of benzene rings is 1. The third kappa shape index (κ3) is 4.42. The Morgan fingerprint density at radius 1 is 1.25 bits per heavy atom. The van der Waals surface area contributed by atoms with Crippen molar-refractivity contribution in [3.63, 3.8) is 0 Å². The molecule has 0 aliphatic heterocycles. The van der Waals surface area contributed by atoms with Crippen LogP contribution in [-0.4, -0.2) is 36.3 Å². The minimum atomic E-state index is -0.670. The number of phenols is 1. The molecular weight excluding hydrogens is 379 g/mol. The predicted octanol–water partition coefficient (Wildman–Crippen LogP) is 4.02. The Morgan fingerprint density at radius 3 is 2.62 bits per heavy atom. The van der Waals surface area contributed by atoms with E-state index >= 15 is 0 Å². The van der Waals surface area contributed by atoms with Crippen LogP contribution in [0.3, 0.4) is 0 Å². The molecule has 0 spiro atoms. The molecule has 1 amide bonds. The zero-order valence-corrected chi connectivity index (χ0v) is 14.7. The van der Waals surface area contributed by atoms with Crippen LogP contribution in [-0.2, 0) is 4.74 Å². The number of hydrogen-bond donors (Lipinski definition) is 2. The van der Waals surface area contributed by atoms with E-state index in [2.05, 4.69) is 10.3 Å². The Kier molecular flexibility index (Phi) is 6.51. The van der Waals surface area contributed by atoms with Gasteiger partial charge in [-0.05, 0) is 12.1 Å². The van der Waals surface area contributed by atoms with E-state index in [4.69, 9.17) is 44.3 Å². The quantitative estimate of drug-likeness (QED) is 0.574. The third-order valence-electron chi connectivity index (χ3n) is 2.90. The van der Waals surface area contributed by atoms with Crippen molar-refractivity contribution in [2.24, 2.45) is 0 Å². The van der Waals surface area contributed by atoms with Gasteiger partial charge in [0.15, 0.2) is 0 Å². The first kappa shape index (κ1) is 18.6. The van der Waals surface area contributed by atoms with Crippen LogP contribution >= 0.6 is 34.8 Å². The van der Waals surface area contributed by atoms with Gasteiger partial charge in [0.25, 0.3) is 5.91 Å². The fourth-order valence-corrected chi connectivity index (χ4v) is 2.45. The molecule has 0 aliphatic rings. The van der Waals surface area contributed by atoms with Gasteiger partial charge in [-0.15, -0.1) is 0 Å². The van der Waals surface area contributed by atoms with Crippen LogP contribution in [0.15, 0.2) is 24.4 Å². The molecule has 0 saturated carbocycles. The third-order valence-corrected chi connectivity index (χ3v) is 3.98. The summed E-state index contributed by atoms with van der Waals surface area (Å²) in [6, 6.07) is 4.42. The second-order valence-electron chi connectivity index (χ2n) is 4.56. The van der Waals surface area contributed by atoms with Crippen molar-refractivity contribution in [2.45, 2.75) is 0 Å². The molecule has 1 aromatic heterocycles. The molecule has 9 heteroatoms. The van der Waals surface area contributed by atoms with E-state index < -0.39 is 11.7 Å². The van der Waals surface area contributed by atoms with Crippen LogP contribution in [0.25, 0.3) is 0 Å². The summed E-state index contributed by atoms with van der Waals surface area (Å²) in [5, 5.41) is 12.4. The topological polar surface area (TPSA) is 80.7 Å². The average molecular weight is 392 g/mol. The summed E-state index contributed by atoms with van der Waals surface area (Å²) in [4.78, 5) is 16.3. The molecule has 0 radical (unpaired) electrons. The summed E-state index contributed by atoms with van der Waals surface area (Å²) in [5.41, 5.74) is 0.167. The Labute approximate surface area is 153 Å². The van der Waals surface area contributed by atoms with Crippen molar-refractivity contribution in [3.8, 4) is 11.6 Å². The molecule has 2 rings (SSSR count). The van der Waals surface area contributed by atoms with Crippen molar-refractivity contribution in [1.82, 2.24) is 4.98 Å². The first-order valence-corrected chi connectivity index (χ1v) is 7.83. The van der Waals surface area contributed by atoms with Gasteiger partial charge in [0.1, 0.15) is 17.9 Å². The van der Waals surface area contributed by atoms with E-state index in [0.717, 1.165) is 0 Å². The van der Waals surface area contributed by atoms with Gasteiger partial charge >= 0.3 is 0 Å². The molecule has 24 heavy (non-hydrogen) atoms. The standard InChI is InChI=1S/C15H13Cl3N2O4/c1-23-4-5-24-11-3-2-8(7-19-11)20-15(22)12-13(18)9(16)6-10(17)14(12)21/h2-3,6-7,21H,4-5H2,1H3,(H,20,22). The molecule has 0 unspecified atom stereocenters. The lowest BCUT2D eigenvalue weighted by Gasteiger charge is -2.11. The normalized spacial score (nSPS) is 10.5. The number of pyridine rings is 1. The number of rotatable bonds is 6. The number of halogens is 3. The number of ether oxygens (including phenoxy) is 2. The second-order valence-corrected chi connectivity index (χ2v) is 5.75. The van der Waals surface area contributed by atoms with Crippen molar-refractivity contribution < 1.29 is 19.4 Å². The molecule has 0 bridgehead atoms. The van der Waals surface area contributed by atoms with Gasteiger partial charge in [0, 0.05) is 13.2 Å². The summed E-state index contributed by atoms with van der Waals surface area (Å²) in [6.07, 6.45) is 1.40. The molecule has 0 saturated heterocycles. The van der Waals surface area contributed by atoms with Gasteiger partial charge in [-0.3, -0.25) is 4.79 Å². The molecular formula is C15H13Cl3N2O4. The van der Waals surface area contributed by atoms with Crippen LogP contribution in [0, 0.1) is 0 Å². The van der Waals surface area contributed by atoms with Gasteiger partial charge < -0.3 is 19.9 Å². The highest BCUT2D eigenvalue weighted by Crippen LogP contribution is 2.38. The predicted molar refractivity (Wildman–Crippen MR) is 92.7 cm³/mol. The van der Waals surface area contributed by atoms with Gasteiger partial charge in [-0.1, -0.05) is 34.8 Å².